The average molecular weight is 312 g/mol. The summed E-state index contributed by atoms with van der Waals surface area (Å²) in [6.45, 7) is 5.80. The van der Waals surface area contributed by atoms with Gasteiger partial charge in [0.25, 0.3) is 0 Å². The van der Waals surface area contributed by atoms with Crippen LogP contribution in [0.3, 0.4) is 0 Å². The van der Waals surface area contributed by atoms with Gasteiger partial charge in [0.05, 0.1) is 18.0 Å². The predicted octanol–water partition coefficient (Wildman–Crippen LogP) is 2.82. The van der Waals surface area contributed by atoms with Crippen molar-refractivity contribution in [3.05, 3.63) is 24.3 Å². The quantitative estimate of drug-likeness (QED) is 0.877. The van der Waals surface area contributed by atoms with E-state index in [-0.39, 0.29) is 18.0 Å². The van der Waals surface area contributed by atoms with E-state index in [2.05, 4.69) is 23.9 Å². The van der Waals surface area contributed by atoms with Crippen LogP contribution < -0.4 is 10.0 Å². The molecule has 0 saturated carbocycles. The Morgan fingerprint density at radius 1 is 1.10 bits per heavy atom. The molecule has 0 aromatic heterocycles. The Kier molecular flexibility index (Phi) is 5.11. The number of ether oxygens (including phenoxy) is 1. The summed E-state index contributed by atoms with van der Waals surface area (Å²) < 4.78 is 31.3. The van der Waals surface area contributed by atoms with E-state index >= 15 is 0 Å². The van der Waals surface area contributed by atoms with E-state index in [1.54, 1.807) is 19.1 Å². The minimum absolute atomic E-state index is 0.0743. The Morgan fingerprint density at radius 3 is 2.14 bits per heavy atom. The molecule has 1 saturated heterocycles. The summed E-state index contributed by atoms with van der Waals surface area (Å²) in [5, 5.41) is 3.49. The van der Waals surface area contributed by atoms with Crippen molar-refractivity contribution in [2.24, 2.45) is 0 Å². The van der Waals surface area contributed by atoms with Crippen molar-refractivity contribution in [1.82, 2.24) is 0 Å². The first-order valence-corrected chi connectivity index (χ1v) is 9.05. The summed E-state index contributed by atoms with van der Waals surface area (Å²) in [6.07, 6.45) is 2.49. The fourth-order valence-electron chi connectivity index (χ4n) is 2.65. The Bertz CT molecular complexity index is 547. The molecule has 1 fully saturated rings. The molecule has 1 aromatic rings. The summed E-state index contributed by atoms with van der Waals surface area (Å²) in [6, 6.07) is 7.75. The van der Waals surface area contributed by atoms with Crippen LogP contribution in [0, 0.1) is 0 Å². The third-order valence-corrected chi connectivity index (χ3v) is 4.91. The highest BCUT2D eigenvalue weighted by Gasteiger charge is 2.24. The van der Waals surface area contributed by atoms with E-state index in [0.717, 1.165) is 18.5 Å². The van der Waals surface area contributed by atoms with E-state index < -0.39 is 10.0 Å². The molecule has 118 valence electrons. The van der Waals surface area contributed by atoms with Crippen molar-refractivity contribution in [1.29, 1.82) is 0 Å². The molecule has 2 unspecified atom stereocenters. The highest BCUT2D eigenvalue weighted by molar-refractivity contribution is 7.92. The predicted molar refractivity (Wildman–Crippen MR) is 86.2 cm³/mol. The number of hydrogen-bond donors (Lipinski definition) is 2. The van der Waals surface area contributed by atoms with Gasteiger partial charge in [0, 0.05) is 17.4 Å². The van der Waals surface area contributed by atoms with Gasteiger partial charge in [-0.15, -0.1) is 0 Å². The fraction of sp³-hybridized carbons (Fsp3) is 0.600. The number of benzene rings is 1. The van der Waals surface area contributed by atoms with Crippen molar-refractivity contribution < 1.29 is 13.2 Å². The first-order valence-electron chi connectivity index (χ1n) is 7.40. The molecule has 1 aliphatic rings. The summed E-state index contributed by atoms with van der Waals surface area (Å²) >= 11 is 0. The van der Waals surface area contributed by atoms with Crippen molar-refractivity contribution >= 4 is 21.4 Å². The molecule has 6 heteroatoms. The Labute approximate surface area is 127 Å². The molecule has 0 amide bonds. The molecular formula is C15H24N2O3S. The van der Waals surface area contributed by atoms with Crippen LogP contribution in [0.25, 0.3) is 0 Å². The Hall–Kier alpha value is -1.27. The van der Waals surface area contributed by atoms with E-state index in [1.807, 2.05) is 12.1 Å². The maximum Gasteiger partial charge on any atom is 0.232 e. The smallest absolute Gasteiger partial charge is 0.232 e. The number of nitrogens with one attached hydrogen (secondary N) is 2. The third-order valence-electron chi connectivity index (χ3n) is 3.61. The monoisotopic (exact) mass is 312 g/mol. The number of anilines is 2. The summed E-state index contributed by atoms with van der Waals surface area (Å²) in [5.74, 6) is 0.0743. The molecule has 1 heterocycles. The van der Waals surface area contributed by atoms with Crippen LogP contribution in [0.2, 0.25) is 0 Å². The lowest BCUT2D eigenvalue weighted by Crippen LogP contribution is -2.36. The highest BCUT2D eigenvalue weighted by Crippen LogP contribution is 2.23. The van der Waals surface area contributed by atoms with Crippen molar-refractivity contribution in [3.8, 4) is 0 Å². The SMILES string of the molecule is CCS(=O)(=O)Nc1ccc(NC2CC(C)OC(C)C2)cc1. The van der Waals surface area contributed by atoms with Gasteiger partial charge >= 0.3 is 0 Å². The second-order valence-corrected chi connectivity index (χ2v) is 7.66. The minimum Gasteiger partial charge on any atom is -0.382 e. The number of hydrogen-bond acceptors (Lipinski definition) is 4. The second kappa shape index (κ2) is 6.66. The topological polar surface area (TPSA) is 67.4 Å². The van der Waals surface area contributed by atoms with Crippen LogP contribution in [-0.4, -0.2) is 32.4 Å². The van der Waals surface area contributed by atoms with Gasteiger partial charge in [0.2, 0.25) is 10.0 Å². The molecule has 1 aliphatic heterocycles. The lowest BCUT2D eigenvalue weighted by atomic mass is 9.99. The van der Waals surface area contributed by atoms with Crippen LogP contribution in [0.1, 0.15) is 33.6 Å². The zero-order valence-corrected chi connectivity index (χ0v) is 13.6. The maximum absolute atomic E-state index is 11.5. The summed E-state index contributed by atoms with van der Waals surface area (Å²) in [4.78, 5) is 0. The first-order chi connectivity index (χ1) is 9.88. The van der Waals surface area contributed by atoms with Crippen LogP contribution in [0.5, 0.6) is 0 Å². The molecule has 0 radical (unpaired) electrons. The van der Waals surface area contributed by atoms with Gasteiger partial charge < -0.3 is 10.1 Å². The molecule has 5 nitrogen and oxygen atoms in total. The van der Waals surface area contributed by atoms with Crippen LogP contribution in [0.4, 0.5) is 11.4 Å². The van der Waals surface area contributed by atoms with Crippen molar-refractivity contribution in [2.75, 3.05) is 15.8 Å². The highest BCUT2D eigenvalue weighted by atomic mass is 32.2. The first kappa shape index (κ1) is 16.1. The molecule has 0 bridgehead atoms. The van der Waals surface area contributed by atoms with Gasteiger partial charge in [-0.1, -0.05) is 0 Å². The van der Waals surface area contributed by atoms with Crippen molar-refractivity contribution in [3.63, 3.8) is 0 Å². The maximum atomic E-state index is 11.5. The van der Waals surface area contributed by atoms with Crippen LogP contribution >= 0.6 is 0 Å². The molecule has 1 aromatic carbocycles. The van der Waals surface area contributed by atoms with Gasteiger partial charge in [-0.3, -0.25) is 4.72 Å². The molecule has 2 rings (SSSR count). The largest absolute Gasteiger partial charge is 0.382 e. The van der Waals surface area contributed by atoms with Crippen molar-refractivity contribution in [2.45, 2.75) is 51.9 Å². The fourth-order valence-corrected chi connectivity index (χ4v) is 3.28. The van der Waals surface area contributed by atoms with Gasteiger partial charge in [0.15, 0.2) is 0 Å². The van der Waals surface area contributed by atoms with Crippen LogP contribution in [-0.2, 0) is 14.8 Å². The Morgan fingerprint density at radius 2 is 1.62 bits per heavy atom. The molecule has 0 aliphatic carbocycles. The lowest BCUT2D eigenvalue weighted by molar-refractivity contribution is -0.0337. The molecule has 0 spiro atoms. The normalized spacial score (nSPS) is 26.3. The molecule has 2 atom stereocenters. The average Bonchev–Trinajstić information content (AvgIpc) is 2.39. The zero-order chi connectivity index (χ0) is 15.5. The molecule has 21 heavy (non-hydrogen) atoms. The van der Waals surface area contributed by atoms with E-state index in [0.29, 0.717) is 11.7 Å². The van der Waals surface area contributed by atoms with E-state index in [4.69, 9.17) is 4.74 Å². The second-order valence-electron chi connectivity index (χ2n) is 5.65. The standard InChI is InChI=1S/C15H24N2O3S/c1-4-21(18,19)17-14-7-5-13(6-8-14)16-15-9-11(2)20-12(3)10-15/h5-8,11-12,15-17H,4,9-10H2,1-3H3. The number of rotatable bonds is 5. The van der Waals surface area contributed by atoms with E-state index in [1.165, 1.54) is 0 Å². The molecular weight excluding hydrogens is 288 g/mol. The van der Waals surface area contributed by atoms with Gasteiger partial charge in [-0.05, 0) is 57.9 Å². The van der Waals surface area contributed by atoms with Gasteiger partial charge in [-0.2, -0.15) is 0 Å². The third kappa shape index (κ3) is 4.89. The van der Waals surface area contributed by atoms with Crippen LogP contribution in [0.15, 0.2) is 24.3 Å². The lowest BCUT2D eigenvalue weighted by Gasteiger charge is -2.33. The molecule has 2 N–H and O–H groups in total. The minimum atomic E-state index is -3.21. The van der Waals surface area contributed by atoms with E-state index in [9.17, 15) is 8.42 Å². The number of sulfonamides is 1. The summed E-state index contributed by atoms with van der Waals surface area (Å²) in [5.41, 5.74) is 1.59. The van der Waals surface area contributed by atoms with Gasteiger partial charge in [0.1, 0.15) is 0 Å². The zero-order valence-electron chi connectivity index (χ0n) is 12.8. The van der Waals surface area contributed by atoms with Gasteiger partial charge in [-0.25, -0.2) is 8.42 Å². The Balaban J connectivity index is 1.96. The summed E-state index contributed by atoms with van der Waals surface area (Å²) in [7, 11) is -3.21.